The third-order valence-electron chi connectivity index (χ3n) is 4.45. The molecule has 1 aromatic rings. The van der Waals surface area contributed by atoms with E-state index < -0.39 is 16.5 Å². The highest BCUT2D eigenvalue weighted by Gasteiger charge is 2.32. The minimum atomic E-state index is -0.661. The number of nitroso groups, excluding NO2 is 2. The van der Waals surface area contributed by atoms with Crippen molar-refractivity contribution in [2.24, 2.45) is 10.4 Å². The number of hydrazine groups is 1. The Kier molecular flexibility index (Phi) is 8.72. The molecule has 28 heavy (non-hydrogen) atoms. The first kappa shape index (κ1) is 23.7. The summed E-state index contributed by atoms with van der Waals surface area (Å²) >= 11 is 0. The van der Waals surface area contributed by atoms with E-state index in [9.17, 15) is 19.9 Å². The molecule has 1 unspecified atom stereocenters. The molecule has 2 N–H and O–H groups in total. The Labute approximate surface area is 164 Å². The van der Waals surface area contributed by atoms with Crippen LogP contribution in [-0.2, 0) is 6.54 Å². The average Bonchev–Trinajstić information content (AvgIpc) is 3.03. The molecule has 1 heterocycles. The number of hydrogen-bond donors (Lipinski definition) is 2. The van der Waals surface area contributed by atoms with Gasteiger partial charge in [-0.25, -0.2) is 15.0 Å². The summed E-state index contributed by atoms with van der Waals surface area (Å²) in [4.78, 5) is 35.9. The number of imidazole rings is 1. The predicted molar refractivity (Wildman–Crippen MR) is 106 cm³/mol. The van der Waals surface area contributed by atoms with Gasteiger partial charge in [0.15, 0.2) is 0 Å². The largest absolute Gasteiger partial charge is 0.434 e. The van der Waals surface area contributed by atoms with Gasteiger partial charge in [-0.15, -0.1) is 0 Å². The van der Waals surface area contributed by atoms with Gasteiger partial charge in [-0.05, 0) is 32.6 Å². The van der Waals surface area contributed by atoms with Crippen LogP contribution in [0.25, 0.3) is 0 Å². The maximum Gasteiger partial charge on any atom is 0.434 e. The molecule has 0 radical (unpaired) electrons. The van der Waals surface area contributed by atoms with E-state index in [-0.39, 0.29) is 24.6 Å². The van der Waals surface area contributed by atoms with Gasteiger partial charge in [0.1, 0.15) is 18.4 Å². The summed E-state index contributed by atoms with van der Waals surface area (Å²) < 4.78 is 1.39. The van der Waals surface area contributed by atoms with Crippen LogP contribution in [0.5, 0.6) is 0 Å². The van der Waals surface area contributed by atoms with E-state index in [1.807, 2.05) is 39.8 Å². The lowest BCUT2D eigenvalue weighted by Crippen LogP contribution is -2.57. The van der Waals surface area contributed by atoms with E-state index in [1.165, 1.54) is 17.0 Å². The van der Waals surface area contributed by atoms with E-state index in [0.29, 0.717) is 19.5 Å². The Hall–Kier alpha value is -2.31. The zero-order chi connectivity index (χ0) is 21.4. The Morgan fingerprint density at radius 3 is 2.61 bits per heavy atom. The fourth-order valence-electron chi connectivity index (χ4n) is 2.86. The Balaban J connectivity index is 2.57. The highest BCUT2D eigenvalue weighted by molar-refractivity contribution is 5.06. The first-order valence-corrected chi connectivity index (χ1v) is 9.03. The molecule has 12 heteroatoms. The van der Waals surface area contributed by atoms with Crippen molar-refractivity contribution in [3.63, 3.8) is 0 Å². The van der Waals surface area contributed by atoms with E-state index in [0.717, 1.165) is 0 Å². The van der Waals surface area contributed by atoms with Crippen LogP contribution in [0, 0.1) is 19.9 Å². The molecule has 0 fully saturated rings. The second kappa shape index (κ2) is 10.3. The molecule has 0 aromatic carbocycles. The highest BCUT2D eigenvalue weighted by atomic mass is 16.6. The molecule has 12 nitrogen and oxygen atoms in total. The van der Waals surface area contributed by atoms with Crippen molar-refractivity contribution < 1.29 is 4.92 Å². The predicted octanol–water partition coefficient (Wildman–Crippen LogP) is 1.67. The van der Waals surface area contributed by atoms with Gasteiger partial charge in [0, 0.05) is 32.1 Å². The van der Waals surface area contributed by atoms with Crippen molar-refractivity contribution in [2.45, 2.75) is 57.8 Å². The number of rotatable bonds is 14. The van der Waals surface area contributed by atoms with E-state index in [2.05, 4.69) is 26.1 Å². The summed E-state index contributed by atoms with van der Waals surface area (Å²) in [6, 6.07) is -0.611. The molecule has 0 aliphatic rings. The summed E-state index contributed by atoms with van der Waals surface area (Å²) in [5, 5.41) is 22.2. The number of nitrogens with one attached hydrogen (secondary N) is 2. The molecular weight excluding hydrogens is 368 g/mol. The fourth-order valence-corrected chi connectivity index (χ4v) is 2.86. The van der Waals surface area contributed by atoms with Crippen LogP contribution < -0.4 is 10.7 Å². The summed E-state index contributed by atoms with van der Waals surface area (Å²) in [6.45, 7) is 9.16. The number of likely N-dealkylation sites (N-methyl/N-ethyl adjacent to an activating group) is 1. The van der Waals surface area contributed by atoms with Gasteiger partial charge in [0.2, 0.25) is 0 Å². The monoisotopic (exact) mass is 398 g/mol. The first-order chi connectivity index (χ1) is 13.0. The minimum absolute atomic E-state index is 0.174. The lowest BCUT2D eigenvalue weighted by molar-refractivity contribution is -0.396. The van der Waals surface area contributed by atoms with Crippen molar-refractivity contribution in [2.75, 3.05) is 26.7 Å². The van der Waals surface area contributed by atoms with Crippen molar-refractivity contribution >= 4 is 5.95 Å². The van der Waals surface area contributed by atoms with Gasteiger partial charge >= 0.3 is 5.95 Å². The Bertz CT molecular complexity index is 661. The number of aryl methyl sites for hydroxylation is 1. The fraction of sp³-hybridized carbons (Fsp3) is 0.812. The molecule has 1 atom stereocenters. The summed E-state index contributed by atoms with van der Waals surface area (Å²) in [6.07, 6.45) is 3.19. The Morgan fingerprint density at radius 1 is 1.36 bits per heavy atom. The van der Waals surface area contributed by atoms with E-state index >= 15 is 0 Å². The zero-order valence-electron chi connectivity index (χ0n) is 17.1. The quantitative estimate of drug-likeness (QED) is 0.273. The van der Waals surface area contributed by atoms with Gasteiger partial charge in [0.25, 0.3) is 0 Å². The van der Waals surface area contributed by atoms with Crippen LogP contribution in [0.2, 0.25) is 0 Å². The highest BCUT2D eigenvalue weighted by Crippen LogP contribution is 2.19. The van der Waals surface area contributed by atoms with Crippen LogP contribution in [-0.4, -0.2) is 63.3 Å². The molecule has 0 aliphatic heterocycles. The van der Waals surface area contributed by atoms with E-state index in [1.54, 1.807) is 0 Å². The molecule has 0 bridgehead atoms. The van der Waals surface area contributed by atoms with Crippen LogP contribution in [0.1, 0.15) is 34.1 Å². The average molecular weight is 398 g/mol. The second-order valence-electron chi connectivity index (χ2n) is 7.94. The second-order valence-corrected chi connectivity index (χ2v) is 7.94. The third-order valence-corrected chi connectivity index (χ3v) is 4.45. The van der Waals surface area contributed by atoms with Crippen LogP contribution in [0.3, 0.4) is 0 Å². The van der Waals surface area contributed by atoms with Crippen molar-refractivity contribution in [3.05, 3.63) is 32.3 Å². The molecular formula is C16H30N8O4. The van der Waals surface area contributed by atoms with Crippen molar-refractivity contribution in [1.82, 2.24) is 25.3 Å². The molecule has 1 aromatic heterocycles. The molecule has 0 saturated carbocycles. The SMILES string of the molecule is CN(CCNC(C)(C)CN=O)NC(C)(C)C(CCn1ccnc1[N+](=O)[O-])N=O. The maximum atomic E-state index is 11.4. The normalized spacial score (nSPS) is 13.5. The lowest BCUT2D eigenvalue weighted by atomic mass is 9.93. The van der Waals surface area contributed by atoms with Crippen LogP contribution in [0.4, 0.5) is 5.95 Å². The molecule has 0 spiro atoms. The standard InChI is InChI=1S/C16H30N8O4/c1-15(2,12-19-25)18-8-10-22(5)21-16(3,4)13(20-26)6-9-23-11-7-17-14(23)24(27)28/h7,11,13,18,21H,6,8-10,12H2,1-5H3. The summed E-state index contributed by atoms with van der Waals surface area (Å²) in [7, 11) is 1.84. The first-order valence-electron chi connectivity index (χ1n) is 9.03. The topological polar surface area (TPSA) is 147 Å². The van der Waals surface area contributed by atoms with Crippen molar-refractivity contribution in [1.29, 1.82) is 0 Å². The van der Waals surface area contributed by atoms with Gasteiger partial charge in [0.05, 0.1) is 18.6 Å². The van der Waals surface area contributed by atoms with Crippen LogP contribution in [0.15, 0.2) is 22.7 Å². The number of aromatic nitrogens is 2. The maximum absolute atomic E-state index is 11.4. The number of nitro groups is 1. The molecule has 0 aliphatic carbocycles. The molecule has 0 saturated heterocycles. The Morgan fingerprint density at radius 2 is 2.04 bits per heavy atom. The minimum Gasteiger partial charge on any atom is -0.390 e. The zero-order valence-corrected chi connectivity index (χ0v) is 17.1. The van der Waals surface area contributed by atoms with Crippen LogP contribution >= 0.6 is 0 Å². The van der Waals surface area contributed by atoms with Gasteiger partial charge in [-0.2, -0.15) is 9.81 Å². The molecule has 158 valence electrons. The van der Waals surface area contributed by atoms with E-state index in [4.69, 9.17) is 0 Å². The van der Waals surface area contributed by atoms with Gasteiger partial charge < -0.3 is 15.4 Å². The van der Waals surface area contributed by atoms with Gasteiger partial charge in [-0.1, -0.05) is 15.3 Å². The number of hydrogen-bond acceptors (Lipinski definition) is 10. The van der Waals surface area contributed by atoms with Gasteiger partial charge in [-0.3, -0.25) is 0 Å². The summed E-state index contributed by atoms with van der Waals surface area (Å²) in [5.74, 6) is -0.258. The third kappa shape index (κ3) is 7.37. The smallest absolute Gasteiger partial charge is 0.390 e. The molecule has 0 amide bonds. The molecule has 1 rings (SSSR count). The number of nitrogens with zero attached hydrogens (tertiary/aromatic N) is 6. The summed E-state index contributed by atoms with van der Waals surface area (Å²) in [5.41, 5.74) is 2.20. The van der Waals surface area contributed by atoms with Crippen molar-refractivity contribution in [3.8, 4) is 0 Å². The lowest BCUT2D eigenvalue weighted by Gasteiger charge is -2.35.